The summed E-state index contributed by atoms with van der Waals surface area (Å²) >= 11 is 0. The minimum Gasteiger partial charge on any atom is -0.463 e. The van der Waals surface area contributed by atoms with Crippen molar-refractivity contribution >= 4 is 23.9 Å². The first-order valence-electron chi connectivity index (χ1n) is 29.6. The molecule has 0 radical (unpaired) electrons. The molecule has 70 heavy (non-hydrogen) atoms. The van der Waals surface area contributed by atoms with Crippen LogP contribution in [0.25, 0.3) is 0 Å². The molecule has 10 heteroatoms. The van der Waals surface area contributed by atoms with Crippen molar-refractivity contribution in [2.45, 2.75) is 324 Å². The van der Waals surface area contributed by atoms with Gasteiger partial charge in [-0.2, -0.15) is 0 Å². The van der Waals surface area contributed by atoms with Gasteiger partial charge in [-0.15, -0.1) is 0 Å². The molecule has 0 aromatic heterocycles. The van der Waals surface area contributed by atoms with Gasteiger partial charge in [-0.3, -0.25) is 19.2 Å². The van der Waals surface area contributed by atoms with E-state index >= 15 is 0 Å². The molecule has 0 unspecified atom stereocenters. The molecule has 6 rings (SSSR count). The van der Waals surface area contributed by atoms with Crippen LogP contribution < -0.4 is 0 Å². The molecule has 0 aromatic carbocycles. The summed E-state index contributed by atoms with van der Waals surface area (Å²) in [6, 6.07) is 0. The van der Waals surface area contributed by atoms with E-state index in [9.17, 15) is 29.4 Å². The van der Waals surface area contributed by atoms with Gasteiger partial charge < -0.3 is 29.2 Å². The molecule has 6 saturated carbocycles. The standard InChI is InChI=1S/2C12H22O2.2C10H18O2.2C8H16O/c2*1-3-7-12(13)14-10(2)11-8-5-4-6-9-11;2*1-8(12-9(2)11)10-6-4-3-5-7-10;2*1-7(9)8-5-3-2-4-6-8/h2*10-11H,3-9H2,1-2H3;2*8,10H,3-7H2,1-2H3;2*7-9H,2-6H2,1H3/t2*10-;2*8-;2*7-/m101010/s1. The van der Waals surface area contributed by atoms with Crippen molar-refractivity contribution in [2.24, 2.45) is 35.5 Å². The Labute approximate surface area is 430 Å². The molecular formula is C60H112O10. The van der Waals surface area contributed by atoms with Gasteiger partial charge in [0.05, 0.1) is 12.2 Å². The van der Waals surface area contributed by atoms with E-state index in [1.54, 1.807) is 0 Å². The minimum atomic E-state index is -0.145. The average Bonchev–Trinajstić information content (AvgIpc) is 3.36. The SMILES string of the molecule is CC(=O)O[C@@H](C)C1CCCCC1.CC(=O)O[C@H](C)C1CCCCC1.CCCC(=O)O[C@@H](C)C1CCCCC1.CCCC(=O)O[C@H](C)C1CCCCC1.C[C@@H](O)C1CCCCC1.C[C@H](O)C1CCCCC1. The van der Waals surface area contributed by atoms with E-state index in [0.717, 1.165) is 12.8 Å². The zero-order valence-corrected chi connectivity index (χ0v) is 47.1. The maximum atomic E-state index is 11.3. The summed E-state index contributed by atoms with van der Waals surface area (Å²) in [6.07, 6.45) is 42.1. The lowest BCUT2D eigenvalue weighted by atomic mass is 9.86. The predicted molar refractivity (Wildman–Crippen MR) is 286 cm³/mol. The largest absolute Gasteiger partial charge is 0.463 e. The van der Waals surface area contributed by atoms with Crippen LogP contribution in [0.5, 0.6) is 0 Å². The second-order valence-corrected chi connectivity index (χ2v) is 22.4. The van der Waals surface area contributed by atoms with Crippen molar-refractivity contribution in [3.63, 3.8) is 0 Å². The second-order valence-electron chi connectivity index (χ2n) is 22.4. The number of hydrogen-bond donors (Lipinski definition) is 2. The Kier molecular flexibility index (Phi) is 38.7. The average molecular weight is 994 g/mol. The number of ether oxygens (including phenoxy) is 4. The second kappa shape index (κ2) is 41.2. The number of carbonyl (C=O) groups excluding carboxylic acids is 4. The molecule has 0 aliphatic heterocycles. The fourth-order valence-corrected chi connectivity index (χ4v) is 11.5. The molecule has 6 aliphatic carbocycles. The van der Waals surface area contributed by atoms with Gasteiger partial charge >= 0.3 is 23.9 Å². The van der Waals surface area contributed by atoms with Crippen LogP contribution in [0, 0.1) is 35.5 Å². The highest BCUT2D eigenvalue weighted by Gasteiger charge is 2.26. The van der Waals surface area contributed by atoms with E-state index in [4.69, 9.17) is 18.9 Å². The highest BCUT2D eigenvalue weighted by Crippen LogP contribution is 2.31. The summed E-state index contributed by atoms with van der Waals surface area (Å²) in [6.45, 7) is 18.9. The summed E-state index contributed by atoms with van der Waals surface area (Å²) < 4.78 is 21.1. The number of rotatable bonds is 14. The van der Waals surface area contributed by atoms with Gasteiger partial charge in [-0.05, 0) is 167 Å². The van der Waals surface area contributed by atoms with Crippen LogP contribution in [0.1, 0.15) is 288 Å². The van der Waals surface area contributed by atoms with Gasteiger partial charge in [-0.25, -0.2) is 0 Å². The van der Waals surface area contributed by atoms with Gasteiger partial charge in [0.1, 0.15) is 24.4 Å². The van der Waals surface area contributed by atoms with Crippen LogP contribution in [-0.4, -0.2) is 70.7 Å². The van der Waals surface area contributed by atoms with Crippen LogP contribution in [-0.2, 0) is 38.1 Å². The van der Waals surface area contributed by atoms with Gasteiger partial charge in [-0.1, -0.05) is 129 Å². The number of aliphatic hydroxyl groups is 2. The molecule has 0 bridgehead atoms. The van der Waals surface area contributed by atoms with E-state index < -0.39 is 0 Å². The Balaban J connectivity index is 0.000000423. The molecule has 2 N–H and O–H groups in total. The summed E-state index contributed by atoms with van der Waals surface area (Å²) in [5, 5.41) is 18.4. The third kappa shape index (κ3) is 32.8. The van der Waals surface area contributed by atoms with Gasteiger partial charge in [0, 0.05) is 26.7 Å². The van der Waals surface area contributed by atoms with Crippen LogP contribution in [0.2, 0.25) is 0 Å². The van der Waals surface area contributed by atoms with Crippen LogP contribution >= 0.6 is 0 Å². The lowest BCUT2D eigenvalue weighted by Crippen LogP contribution is -2.25. The monoisotopic (exact) mass is 993 g/mol. The number of esters is 4. The first-order valence-corrected chi connectivity index (χ1v) is 29.6. The van der Waals surface area contributed by atoms with Crippen molar-refractivity contribution in [2.75, 3.05) is 0 Å². The Morgan fingerprint density at radius 1 is 0.343 bits per heavy atom. The molecule has 0 saturated heterocycles. The zero-order valence-electron chi connectivity index (χ0n) is 47.1. The number of hydrogen-bond acceptors (Lipinski definition) is 10. The molecular weight excluding hydrogens is 881 g/mol. The maximum Gasteiger partial charge on any atom is 0.306 e. The first-order chi connectivity index (χ1) is 33.5. The topological polar surface area (TPSA) is 146 Å². The Morgan fingerprint density at radius 2 is 0.529 bits per heavy atom. The molecule has 0 heterocycles. The highest BCUT2D eigenvalue weighted by molar-refractivity contribution is 5.69. The van der Waals surface area contributed by atoms with E-state index in [1.807, 2.05) is 55.4 Å². The van der Waals surface area contributed by atoms with Gasteiger partial charge in [0.25, 0.3) is 0 Å². The zero-order chi connectivity index (χ0) is 52.1. The van der Waals surface area contributed by atoms with Crippen LogP contribution in [0.3, 0.4) is 0 Å². The van der Waals surface area contributed by atoms with E-state index in [0.29, 0.717) is 48.3 Å². The third-order valence-corrected chi connectivity index (χ3v) is 16.2. The van der Waals surface area contributed by atoms with Gasteiger partial charge in [0.15, 0.2) is 0 Å². The molecule has 6 aliphatic rings. The Hall–Kier alpha value is -2.20. The Bertz CT molecular complexity index is 1180. The summed E-state index contributed by atoms with van der Waals surface area (Å²) in [4.78, 5) is 43.9. The molecule has 0 amide bonds. The van der Waals surface area contributed by atoms with E-state index in [1.165, 1.54) is 206 Å². The molecule has 412 valence electrons. The van der Waals surface area contributed by atoms with Crippen LogP contribution in [0.4, 0.5) is 0 Å². The molecule has 0 aromatic rings. The molecule has 6 fully saturated rings. The third-order valence-electron chi connectivity index (χ3n) is 16.2. The summed E-state index contributed by atoms with van der Waals surface area (Å²) in [5.41, 5.74) is 0. The fraction of sp³-hybridized carbons (Fsp3) is 0.933. The molecule has 10 nitrogen and oxygen atoms in total. The van der Waals surface area contributed by atoms with Crippen molar-refractivity contribution in [3.8, 4) is 0 Å². The number of carbonyl (C=O) groups is 4. The highest BCUT2D eigenvalue weighted by atomic mass is 16.6. The van der Waals surface area contributed by atoms with Crippen molar-refractivity contribution in [1.82, 2.24) is 0 Å². The van der Waals surface area contributed by atoms with E-state index in [-0.39, 0.29) is 60.5 Å². The smallest absolute Gasteiger partial charge is 0.306 e. The lowest BCUT2D eigenvalue weighted by Gasteiger charge is -2.27. The van der Waals surface area contributed by atoms with Gasteiger partial charge in [0.2, 0.25) is 0 Å². The fourth-order valence-electron chi connectivity index (χ4n) is 11.5. The summed E-state index contributed by atoms with van der Waals surface area (Å²) in [5.74, 6) is 3.34. The van der Waals surface area contributed by atoms with Crippen molar-refractivity contribution < 1.29 is 48.3 Å². The lowest BCUT2D eigenvalue weighted by molar-refractivity contribution is -0.152. The predicted octanol–water partition coefficient (Wildman–Crippen LogP) is 15.5. The molecule has 0 spiro atoms. The number of aliphatic hydroxyl groups excluding tert-OH is 2. The normalized spacial score (nSPS) is 22.3. The quantitative estimate of drug-likeness (QED) is 0.127. The van der Waals surface area contributed by atoms with Crippen molar-refractivity contribution in [1.29, 1.82) is 0 Å². The first kappa shape index (κ1) is 65.8. The maximum absolute atomic E-state index is 11.3. The van der Waals surface area contributed by atoms with Crippen LogP contribution in [0.15, 0.2) is 0 Å². The minimum absolute atomic E-state index is 0.0226. The Morgan fingerprint density at radius 3 is 0.686 bits per heavy atom. The van der Waals surface area contributed by atoms with E-state index in [2.05, 4.69) is 0 Å². The van der Waals surface area contributed by atoms with Crippen molar-refractivity contribution in [3.05, 3.63) is 0 Å². The summed E-state index contributed by atoms with van der Waals surface area (Å²) in [7, 11) is 0. The molecule has 6 atom stereocenters.